The molecular formula is C28H36O4. The Morgan fingerprint density at radius 3 is 2.50 bits per heavy atom. The van der Waals surface area contributed by atoms with Crippen LogP contribution in [0.5, 0.6) is 11.5 Å². The SMILES string of the molecule is COc1ccc(C=C2CC3C4CC=C5C[C@@H](O)CC[C@]5(C)C4CC[C@]3(C)C2=O)cc1OC. The smallest absolute Gasteiger partial charge is 0.165 e. The number of aliphatic hydroxyl groups excluding tert-OH is 1. The fourth-order valence-corrected chi connectivity index (χ4v) is 7.58. The molecule has 3 fully saturated rings. The summed E-state index contributed by atoms with van der Waals surface area (Å²) in [6.07, 6.45) is 11.2. The Balaban J connectivity index is 1.46. The third-order valence-electron chi connectivity index (χ3n) is 9.47. The normalized spacial score (nSPS) is 39.7. The third-order valence-corrected chi connectivity index (χ3v) is 9.47. The third kappa shape index (κ3) is 3.17. The minimum absolute atomic E-state index is 0.177. The largest absolute Gasteiger partial charge is 0.493 e. The molecule has 1 aromatic carbocycles. The number of allylic oxidation sites excluding steroid dienone is 2. The molecule has 0 heterocycles. The molecular weight excluding hydrogens is 400 g/mol. The quantitative estimate of drug-likeness (QED) is 0.496. The van der Waals surface area contributed by atoms with Gasteiger partial charge in [0, 0.05) is 5.41 Å². The van der Waals surface area contributed by atoms with Gasteiger partial charge in [-0.25, -0.2) is 0 Å². The first-order valence-electron chi connectivity index (χ1n) is 12.1. The van der Waals surface area contributed by atoms with Crippen LogP contribution in [0.3, 0.4) is 0 Å². The van der Waals surface area contributed by atoms with Gasteiger partial charge in [-0.2, -0.15) is 0 Å². The lowest BCUT2D eigenvalue weighted by Crippen LogP contribution is -2.50. The van der Waals surface area contributed by atoms with Crippen LogP contribution in [0.1, 0.15) is 64.4 Å². The van der Waals surface area contributed by atoms with E-state index in [1.54, 1.807) is 14.2 Å². The van der Waals surface area contributed by atoms with Crippen molar-refractivity contribution in [1.29, 1.82) is 0 Å². The summed E-state index contributed by atoms with van der Waals surface area (Å²) >= 11 is 0. The molecule has 172 valence electrons. The highest BCUT2D eigenvalue weighted by Gasteiger charge is 2.59. The molecule has 4 aliphatic rings. The van der Waals surface area contributed by atoms with Gasteiger partial charge < -0.3 is 14.6 Å². The second-order valence-corrected chi connectivity index (χ2v) is 10.9. The Hall–Kier alpha value is -2.07. The monoisotopic (exact) mass is 436 g/mol. The van der Waals surface area contributed by atoms with E-state index in [1.165, 1.54) is 5.57 Å². The molecule has 3 saturated carbocycles. The summed E-state index contributed by atoms with van der Waals surface area (Å²) in [6.45, 7) is 4.65. The van der Waals surface area contributed by atoms with Crippen molar-refractivity contribution in [3.8, 4) is 11.5 Å². The summed E-state index contributed by atoms with van der Waals surface area (Å²) in [5.74, 6) is 3.32. The van der Waals surface area contributed by atoms with Crippen LogP contribution in [0.15, 0.2) is 35.4 Å². The van der Waals surface area contributed by atoms with Crippen LogP contribution in [0.25, 0.3) is 6.08 Å². The summed E-state index contributed by atoms with van der Waals surface area (Å²) in [4.78, 5) is 13.7. The van der Waals surface area contributed by atoms with Crippen LogP contribution in [0.2, 0.25) is 0 Å². The van der Waals surface area contributed by atoms with Crippen LogP contribution in [0, 0.1) is 28.6 Å². The Morgan fingerprint density at radius 2 is 1.75 bits per heavy atom. The maximum atomic E-state index is 13.7. The van der Waals surface area contributed by atoms with Gasteiger partial charge in [-0.1, -0.05) is 31.6 Å². The van der Waals surface area contributed by atoms with Crippen LogP contribution in [0.4, 0.5) is 0 Å². The van der Waals surface area contributed by atoms with E-state index in [9.17, 15) is 9.90 Å². The second kappa shape index (κ2) is 7.76. The number of hydrogen-bond donors (Lipinski definition) is 1. The van der Waals surface area contributed by atoms with Gasteiger partial charge in [0.25, 0.3) is 0 Å². The average Bonchev–Trinajstić information content (AvgIpc) is 3.04. The number of carbonyl (C=O) groups excluding carboxylic acids is 1. The number of benzene rings is 1. The molecule has 0 radical (unpaired) electrons. The van der Waals surface area contributed by atoms with E-state index in [0.717, 1.165) is 56.1 Å². The summed E-state index contributed by atoms with van der Waals surface area (Å²) in [5.41, 5.74) is 3.38. The first-order chi connectivity index (χ1) is 15.3. The number of rotatable bonds is 3. The highest BCUT2D eigenvalue weighted by atomic mass is 16.5. The fraction of sp³-hybridized carbons (Fsp3) is 0.607. The van der Waals surface area contributed by atoms with E-state index in [0.29, 0.717) is 35.0 Å². The molecule has 0 amide bonds. The number of ether oxygens (including phenoxy) is 2. The van der Waals surface area contributed by atoms with Crippen molar-refractivity contribution in [3.63, 3.8) is 0 Å². The summed E-state index contributed by atoms with van der Waals surface area (Å²) in [5, 5.41) is 10.2. The number of fused-ring (bicyclic) bond motifs is 5. The Kier molecular flexibility index (Phi) is 5.28. The van der Waals surface area contributed by atoms with Crippen molar-refractivity contribution in [2.45, 2.75) is 64.9 Å². The molecule has 32 heavy (non-hydrogen) atoms. The number of hydrogen-bond acceptors (Lipinski definition) is 4. The van der Waals surface area contributed by atoms with E-state index >= 15 is 0 Å². The number of aliphatic hydroxyl groups is 1. The molecule has 0 spiro atoms. The van der Waals surface area contributed by atoms with Crippen LogP contribution < -0.4 is 9.47 Å². The Labute approximate surface area is 191 Å². The molecule has 1 N–H and O–H groups in total. The average molecular weight is 437 g/mol. The second-order valence-electron chi connectivity index (χ2n) is 10.9. The van der Waals surface area contributed by atoms with Gasteiger partial charge in [-0.3, -0.25) is 4.79 Å². The van der Waals surface area contributed by atoms with Crippen molar-refractivity contribution >= 4 is 11.9 Å². The van der Waals surface area contributed by atoms with Gasteiger partial charge in [-0.05, 0) is 97.5 Å². The van der Waals surface area contributed by atoms with E-state index in [2.05, 4.69) is 26.0 Å². The summed E-state index contributed by atoms with van der Waals surface area (Å²) < 4.78 is 10.8. The minimum Gasteiger partial charge on any atom is -0.493 e. The van der Waals surface area contributed by atoms with Crippen molar-refractivity contribution in [3.05, 3.63) is 41.0 Å². The molecule has 0 aliphatic heterocycles. The number of methoxy groups -OCH3 is 2. The topological polar surface area (TPSA) is 55.8 Å². The van der Waals surface area contributed by atoms with Gasteiger partial charge in [0.1, 0.15) is 0 Å². The number of carbonyl (C=O) groups is 1. The van der Waals surface area contributed by atoms with E-state index in [1.807, 2.05) is 18.2 Å². The fourth-order valence-electron chi connectivity index (χ4n) is 7.58. The van der Waals surface area contributed by atoms with E-state index in [-0.39, 0.29) is 16.9 Å². The molecule has 0 saturated heterocycles. The van der Waals surface area contributed by atoms with E-state index in [4.69, 9.17) is 9.47 Å². The zero-order valence-electron chi connectivity index (χ0n) is 19.8. The molecule has 3 unspecified atom stereocenters. The first kappa shape index (κ1) is 21.8. The van der Waals surface area contributed by atoms with Gasteiger partial charge in [0.2, 0.25) is 0 Å². The highest BCUT2D eigenvalue weighted by Crippen LogP contribution is 2.64. The lowest BCUT2D eigenvalue weighted by atomic mass is 9.48. The number of ketones is 1. The zero-order chi connectivity index (χ0) is 22.7. The van der Waals surface area contributed by atoms with Crippen LogP contribution in [-0.2, 0) is 4.79 Å². The van der Waals surface area contributed by atoms with Gasteiger partial charge in [-0.15, -0.1) is 0 Å². The predicted octanol–water partition coefficient (Wildman–Crippen LogP) is 5.59. The first-order valence-corrected chi connectivity index (χ1v) is 12.1. The summed E-state index contributed by atoms with van der Waals surface area (Å²) in [6, 6.07) is 5.86. The Morgan fingerprint density at radius 1 is 1.00 bits per heavy atom. The van der Waals surface area contributed by atoms with Crippen molar-refractivity contribution < 1.29 is 19.4 Å². The predicted molar refractivity (Wildman–Crippen MR) is 126 cm³/mol. The van der Waals surface area contributed by atoms with Crippen molar-refractivity contribution in [1.82, 2.24) is 0 Å². The molecule has 4 nitrogen and oxygen atoms in total. The molecule has 4 heteroatoms. The van der Waals surface area contributed by atoms with Gasteiger partial charge in [0.15, 0.2) is 17.3 Å². The Bertz CT molecular complexity index is 991. The van der Waals surface area contributed by atoms with Gasteiger partial charge in [0.05, 0.1) is 20.3 Å². The summed E-state index contributed by atoms with van der Waals surface area (Å²) in [7, 11) is 3.27. The molecule has 1 aromatic rings. The van der Waals surface area contributed by atoms with Crippen molar-refractivity contribution in [2.75, 3.05) is 14.2 Å². The van der Waals surface area contributed by atoms with E-state index < -0.39 is 0 Å². The van der Waals surface area contributed by atoms with Crippen molar-refractivity contribution in [2.24, 2.45) is 28.6 Å². The molecule has 0 aromatic heterocycles. The van der Waals surface area contributed by atoms with Gasteiger partial charge >= 0.3 is 0 Å². The zero-order valence-corrected chi connectivity index (χ0v) is 19.8. The lowest BCUT2D eigenvalue weighted by molar-refractivity contribution is -0.130. The molecule has 4 aliphatic carbocycles. The highest BCUT2D eigenvalue weighted by molar-refractivity contribution is 6.06. The lowest BCUT2D eigenvalue weighted by Gasteiger charge is -2.56. The standard InChI is InChI=1S/C28H36O4/c1-27-11-9-20(29)16-19(27)6-7-21-22(27)10-12-28(2)23(21)15-18(26(28)30)13-17-5-8-24(31-3)25(14-17)32-4/h5-6,8,13-14,20-23,29H,7,9-12,15-16H2,1-4H3/t20-,21?,22?,23?,27-,28-/m0/s1. The molecule has 6 atom stereocenters. The maximum absolute atomic E-state index is 13.7. The minimum atomic E-state index is -0.251. The maximum Gasteiger partial charge on any atom is 0.165 e. The van der Waals surface area contributed by atoms with Crippen LogP contribution in [-0.4, -0.2) is 31.2 Å². The molecule has 0 bridgehead atoms. The molecule has 5 rings (SSSR count). The van der Waals surface area contributed by atoms with Crippen LogP contribution >= 0.6 is 0 Å². The number of Topliss-reactive ketones (excluding diaryl/α,β-unsaturated/α-hetero) is 1.